The minimum Gasteiger partial charge on any atom is -0.489 e. The van der Waals surface area contributed by atoms with E-state index < -0.39 is 12.2 Å². The summed E-state index contributed by atoms with van der Waals surface area (Å²) in [5.41, 5.74) is 2.66. The Kier molecular flexibility index (Phi) is 4.94. The quantitative estimate of drug-likeness (QED) is 0.746. The Morgan fingerprint density at radius 1 is 1.07 bits per heavy atom. The summed E-state index contributed by atoms with van der Waals surface area (Å²) in [5, 5.41) is 10.8. The summed E-state index contributed by atoms with van der Waals surface area (Å²) < 4.78 is 17.5. The molecule has 0 aliphatic carbocycles. The first-order chi connectivity index (χ1) is 13.2. The molecule has 0 amide bonds. The van der Waals surface area contributed by atoms with Gasteiger partial charge in [0.05, 0.1) is 6.20 Å². The van der Waals surface area contributed by atoms with Gasteiger partial charge in [-0.3, -0.25) is 4.98 Å². The van der Waals surface area contributed by atoms with Crippen molar-refractivity contribution in [3.05, 3.63) is 83.7 Å². The van der Waals surface area contributed by atoms with Crippen molar-refractivity contribution in [3.63, 3.8) is 0 Å². The van der Waals surface area contributed by atoms with Crippen molar-refractivity contribution in [2.24, 2.45) is 0 Å². The summed E-state index contributed by atoms with van der Waals surface area (Å²) in [6.45, 7) is 2.65. The predicted molar refractivity (Wildman–Crippen MR) is 101 cm³/mol. The maximum atomic E-state index is 10.8. The molecule has 0 saturated carbocycles. The van der Waals surface area contributed by atoms with Crippen molar-refractivity contribution in [1.82, 2.24) is 4.98 Å². The van der Waals surface area contributed by atoms with Crippen LogP contribution in [0.25, 0.3) is 0 Å². The van der Waals surface area contributed by atoms with Crippen LogP contribution in [0.3, 0.4) is 0 Å². The fourth-order valence-electron chi connectivity index (χ4n) is 2.98. The van der Waals surface area contributed by atoms with Gasteiger partial charge in [0.1, 0.15) is 36.6 Å². The third-order valence-electron chi connectivity index (χ3n) is 4.48. The Morgan fingerprint density at radius 3 is 2.67 bits per heavy atom. The number of aromatic nitrogens is 1. The first kappa shape index (κ1) is 17.4. The van der Waals surface area contributed by atoms with Crippen molar-refractivity contribution in [2.45, 2.75) is 25.7 Å². The highest BCUT2D eigenvalue weighted by Crippen LogP contribution is 2.36. The second-order valence-electron chi connectivity index (χ2n) is 6.52. The first-order valence-electron chi connectivity index (χ1n) is 8.90. The van der Waals surface area contributed by atoms with Crippen LogP contribution in [0.4, 0.5) is 0 Å². The second-order valence-corrected chi connectivity index (χ2v) is 6.52. The summed E-state index contributed by atoms with van der Waals surface area (Å²) in [4.78, 5) is 4.21. The van der Waals surface area contributed by atoms with Crippen molar-refractivity contribution in [1.29, 1.82) is 0 Å². The molecule has 2 aromatic carbocycles. The normalized spacial score (nSPS) is 18.3. The van der Waals surface area contributed by atoms with E-state index in [9.17, 15) is 5.11 Å². The molecule has 2 heterocycles. The van der Waals surface area contributed by atoms with E-state index in [4.69, 9.17) is 14.2 Å². The van der Waals surface area contributed by atoms with Crippen LogP contribution >= 0.6 is 0 Å². The van der Waals surface area contributed by atoms with Crippen molar-refractivity contribution < 1.29 is 19.3 Å². The van der Waals surface area contributed by atoms with Crippen LogP contribution in [-0.2, 0) is 6.61 Å². The smallest absolute Gasteiger partial charge is 0.163 e. The van der Waals surface area contributed by atoms with Gasteiger partial charge in [-0.15, -0.1) is 0 Å². The Hall–Kier alpha value is -3.05. The molecule has 1 N–H and O–H groups in total. The molecule has 5 nitrogen and oxygen atoms in total. The van der Waals surface area contributed by atoms with E-state index in [2.05, 4.69) is 4.98 Å². The lowest BCUT2D eigenvalue weighted by Gasteiger charge is -2.30. The third-order valence-corrected chi connectivity index (χ3v) is 4.48. The largest absolute Gasteiger partial charge is 0.489 e. The van der Waals surface area contributed by atoms with Crippen molar-refractivity contribution >= 4 is 0 Å². The van der Waals surface area contributed by atoms with Gasteiger partial charge in [0.25, 0.3) is 0 Å². The maximum absolute atomic E-state index is 10.8. The van der Waals surface area contributed by atoms with E-state index in [1.807, 2.05) is 67.6 Å². The molecule has 0 saturated heterocycles. The van der Waals surface area contributed by atoms with Gasteiger partial charge in [-0.25, -0.2) is 0 Å². The zero-order valence-electron chi connectivity index (χ0n) is 15.0. The minimum absolute atomic E-state index is 0.270. The van der Waals surface area contributed by atoms with Crippen LogP contribution in [-0.4, -0.2) is 22.8 Å². The summed E-state index contributed by atoms with van der Waals surface area (Å²) in [7, 11) is 0. The molecule has 0 radical (unpaired) electrons. The standard InChI is InChI=1S/C22H21NO4/c1-15-7-8-18(12-23-15)27-21-14-26-20-10-9-17(11-19(20)22(21)24)25-13-16-5-3-2-4-6-16/h2-12,21-22,24H,13-14H2,1H3. The molecule has 27 heavy (non-hydrogen) atoms. The minimum atomic E-state index is -0.810. The molecule has 1 aliphatic heterocycles. The van der Waals surface area contributed by atoms with Gasteiger partial charge in [0.2, 0.25) is 0 Å². The molecule has 1 aromatic heterocycles. The Morgan fingerprint density at radius 2 is 1.89 bits per heavy atom. The zero-order chi connectivity index (χ0) is 18.6. The molecule has 0 bridgehead atoms. The van der Waals surface area contributed by atoms with E-state index in [1.54, 1.807) is 6.20 Å². The number of ether oxygens (including phenoxy) is 3. The Balaban J connectivity index is 1.47. The topological polar surface area (TPSA) is 60.8 Å². The lowest BCUT2D eigenvalue weighted by atomic mass is 10.0. The maximum Gasteiger partial charge on any atom is 0.163 e. The first-order valence-corrected chi connectivity index (χ1v) is 8.90. The second kappa shape index (κ2) is 7.68. The zero-order valence-corrected chi connectivity index (χ0v) is 15.0. The number of aliphatic hydroxyl groups excluding tert-OH is 1. The summed E-state index contributed by atoms with van der Waals surface area (Å²) in [6.07, 6.45) is 0.332. The van der Waals surface area contributed by atoms with Crippen LogP contribution in [0.2, 0.25) is 0 Å². The average Bonchev–Trinajstić information content (AvgIpc) is 2.71. The summed E-state index contributed by atoms with van der Waals surface area (Å²) in [5.74, 6) is 1.93. The van der Waals surface area contributed by atoms with E-state index in [1.165, 1.54) is 0 Å². The number of fused-ring (bicyclic) bond motifs is 1. The molecule has 2 atom stereocenters. The number of hydrogen-bond acceptors (Lipinski definition) is 5. The van der Waals surface area contributed by atoms with Crippen LogP contribution in [0.15, 0.2) is 66.9 Å². The van der Waals surface area contributed by atoms with Crippen molar-refractivity contribution in [3.8, 4) is 17.2 Å². The molecule has 1 aliphatic rings. The lowest BCUT2D eigenvalue weighted by Crippen LogP contribution is -2.35. The number of aryl methyl sites for hydroxylation is 1. The average molecular weight is 363 g/mol. The number of rotatable bonds is 5. The van der Waals surface area contributed by atoms with E-state index in [0.717, 1.165) is 11.3 Å². The SMILES string of the molecule is Cc1ccc(OC2COc3ccc(OCc4ccccc4)cc3C2O)cn1. The lowest BCUT2D eigenvalue weighted by molar-refractivity contribution is -0.0106. The van der Waals surface area contributed by atoms with Crippen LogP contribution in [0.1, 0.15) is 22.9 Å². The Labute approximate surface area is 158 Å². The molecule has 0 fully saturated rings. The van der Waals surface area contributed by atoms with Gasteiger partial charge in [-0.05, 0) is 42.8 Å². The number of aliphatic hydroxyl groups is 1. The number of benzene rings is 2. The van der Waals surface area contributed by atoms with Crippen molar-refractivity contribution in [2.75, 3.05) is 6.61 Å². The van der Waals surface area contributed by atoms with Crippen LogP contribution < -0.4 is 14.2 Å². The Bertz CT molecular complexity index is 896. The van der Waals surface area contributed by atoms with E-state index in [0.29, 0.717) is 29.4 Å². The molecule has 2 unspecified atom stereocenters. The number of pyridine rings is 1. The van der Waals surface area contributed by atoms with Gasteiger partial charge >= 0.3 is 0 Å². The van der Waals surface area contributed by atoms with Gasteiger partial charge in [-0.1, -0.05) is 30.3 Å². The monoisotopic (exact) mass is 363 g/mol. The molecular weight excluding hydrogens is 342 g/mol. The molecule has 138 valence electrons. The third kappa shape index (κ3) is 4.04. The number of nitrogens with zero attached hydrogens (tertiary/aromatic N) is 1. The highest BCUT2D eigenvalue weighted by atomic mass is 16.5. The predicted octanol–water partition coefficient (Wildman–Crippen LogP) is 3.84. The van der Waals surface area contributed by atoms with E-state index in [-0.39, 0.29) is 6.61 Å². The molecule has 3 aromatic rings. The van der Waals surface area contributed by atoms with Gasteiger partial charge in [0.15, 0.2) is 6.10 Å². The van der Waals surface area contributed by atoms with Gasteiger partial charge in [0, 0.05) is 11.3 Å². The molecule has 5 heteroatoms. The molecule has 0 spiro atoms. The summed E-state index contributed by atoms with van der Waals surface area (Å²) in [6, 6.07) is 19.1. The van der Waals surface area contributed by atoms with E-state index >= 15 is 0 Å². The van der Waals surface area contributed by atoms with Crippen LogP contribution in [0, 0.1) is 6.92 Å². The fourth-order valence-corrected chi connectivity index (χ4v) is 2.98. The summed E-state index contributed by atoms with van der Waals surface area (Å²) >= 11 is 0. The highest BCUT2D eigenvalue weighted by molar-refractivity contribution is 5.43. The molecule has 4 rings (SSSR count). The van der Waals surface area contributed by atoms with Crippen LogP contribution in [0.5, 0.6) is 17.2 Å². The fraction of sp³-hybridized carbons (Fsp3) is 0.227. The highest BCUT2D eigenvalue weighted by Gasteiger charge is 2.31. The van der Waals surface area contributed by atoms with Gasteiger partial charge < -0.3 is 19.3 Å². The van der Waals surface area contributed by atoms with Gasteiger partial charge in [-0.2, -0.15) is 0 Å². The molecular formula is C22H21NO4. The number of hydrogen-bond donors (Lipinski definition) is 1.